The Morgan fingerprint density at radius 2 is 1.88 bits per heavy atom. The van der Waals surface area contributed by atoms with E-state index in [4.69, 9.17) is 9.47 Å². The third-order valence-electron chi connectivity index (χ3n) is 4.70. The quantitative estimate of drug-likeness (QED) is 0.814. The van der Waals surface area contributed by atoms with Gasteiger partial charge in [0, 0.05) is 13.2 Å². The molecule has 1 amide bonds. The highest BCUT2D eigenvalue weighted by Crippen LogP contribution is 2.32. The minimum absolute atomic E-state index is 0.104. The lowest BCUT2D eigenvalue weighted by molar-refractivity contribution is 0.0536. The molecule has 4 nitrogen and oxygen atoms in total. The Bertz CT molecular complexity index is 736. The van der Waals surface area contributed by atoms with Crippen molar-refractivity contribution in [3.63, 3.8) is 0 Å². The Morgan fingerprint density at radius 1 is 1.15 bits per heavy atom. The summed E-state index contributed by atoms with van der Waals surface area (Å²) < 4.78 is 11.6. The summed E-state index contributed by atoms with van der Waals surface area (Å²) >= 11 is 0. The van der Waals surface area contributed by atoms with E-state index in [1.807, 2.05) is 36.4 Å². The second kappa shape index (κ2) is 8.86. The number of hydrogen-bond donors (Lipinski definition) is 1. The highest BCUT2D eigenvalue weighted by Gasteiger charge is 2.18. The van der Waals surface area contributed by atoms with Crippen molar-refractivity contribution in [3.05, 3.63) is 59.7 Å². The zero-order valence-corrected chi connectivity index (χ0v) is 15.5. The Balaban J connectivity index is 1.72. The molecule has 138 valence electrons. The summed E-state index contributed by atoms with van der Waals surface area (Å²) in [5.74, 6) is 2.01. The molecule has 2 aromatic carbocycles. The highest BCUT2D eigenvalue weighted by atomic mass is 16.5. The van der Waals surface area contributed by atoms with Crippen molar-refractivity contribution >= 4 is 5.91 Å². The van der Waals surface area contributed by atoms with Crippen LogP contribution in [-0.2, 0) is 4.74 Å². The molecule has 2 aromatic rings. The molecule has 1 aliphatic rings. The van der Waals surface area contributed by atoms with Crippen molar-refractivity contribution in [2.75, 3.05) is 19.8 Å². The van der Waals surface area contributed by atoms with Crippen molar-refractivity contribution in [3.8, 4) is 11.5 Å². The van der Waals surface area contributed by atoms with Gasteiger partial charge >= 0.3 is 0 Å². The van der Waals surface area contributed by atoms with E-state index in [0.29, 0.717) is 29.7 Å². The van der Waals surface area contributed by atoms with Gasteiger partial charge in [-0.25, -0.2) is 0 Å². The van der Waals surface area contributed by atoms with E-state index in [2.05, 4.69) is 25.2 Å². The number of nitrogens with one attached hydrogen (secondary N) is 1. The molecule has 0 bridgehead atoms. The van der Waals surface area contributed by atoms with Gasteiger partial charge < -0.3 is 14.8 Å². The van der Waals surface area contributed by atoms with Crippen LogP contribution in [0.3, 0.4) is 0 Å². The molecule has 1 saturated heterocycles. The first-order valence-electron chi connectivity index (χ1n) is 9.37. The average molecular weight is 353 g/mol. The lowest BCUT2D eigenvalue weighted by Gasteiger charge is -2.22. The van der Waals surface area contributed by atoms with Gasteiger partial charge in [-0.05, 0) is 48.4 Å². The Kier molecular flexibility index (Phi) is 6.29. The topological polar surface area (TPSA) is 47.6 Å². The van der Waals surface area contributed by atoms with Crippen LogP contribution in [0.1, 0.15) is 48.5 Å². The minimum atomic E-state index is -0.104. The summed E-state index contributed by atoms with van der Waals surface area (Å²) in [5.41, 5.74) is 1.69. The molecular weight excluding hydrogens is 326 g/mol. The zero-order chi connectivity index (χ0) is 18.4. The Labute approximate surface area is 155 Å². The summed E-state index contributed by atoms with van der Waals surface area (Å²) in [6.07, 6.45) is 2.16. The Hall–Kier alpha value is -2.33. The van der Waals surface area contributed by atoms with E-state index in [9.17, 15) is 4.79 Å². The Morgan fingerprint density at radius 3 is 2.62 bits per heavy atom. The molecule has 0 aliphatic carbocycles. The molecule has 26 heavy (non-hydrogen) atoms. The van der Waals surface area contributed by atoms with Crippen LogP contribution in [0.25, 0.3) is 0 Å². The van der Waals surface area contributed by atoms with Gasteiger partial charge in [-0.2, -0.15) is 0 Å². The summed E-state index contributed by atoms with van der Waals surface area (Å²) in [7, 11) is 0. The number of ether oxygens (including phenoxy) is 2. The van der Waals surface area contributed by atoms with Gasteiger partial charge in [-0.1, -0.05) is 44.2 Å². The number of hydrogen-bond acceptors (Lipinski definition) is 3. The molecule has 1 N–H and O–H groups in total. The predicted octanol–water partition coefficient (Wildman–Crippen LogP) is 4.76. The van der Waals surface area contributed by atoms with Gasteiger partial charge in [-0.3, -0.25) is 4.79 Å². The first-order chi connectivity index (χ1) is 12.6. The van der Waals surface area contributed by atoms with Crippen LogP contribution in [-0.4, -0.2) is 25.7 Å². The van der Waals surface area contributed by atoms with Crippen molar-refractivity contribution in [2.24, 2.45) is 5.92 Å². The van der Waals surface area contributed by atoms with Gasteiger partial charge in [0.25, 0.3) is 5.91 Å². The van der Waals surface area contributed by atoms with Crippen LogP contribution in [0.2, 0.25) is 0 Å². The van der Waals surface area contributed by atoms with E-state index in [0.717, 1.165) is 37.4 Å². The molecule has 0 spiro atoms. The smallest absolute Gasteiger partial charge is 0.255 e. The van der Waals surface area contributed by atoms with Crippen LogP contribution < -0.4 is 10.1 Å². The first-order valence-corrected chi connectivity index (χ1v) is 9.37. The van der Waals surface area contributed by atoms with E-state index in [-0.39, 0.29) is 5.91 Å². The molecule has 1 unspecified atom stereocenters. The van der Waals surface area contributed by atoms with Gasteiger partial charge in [0.15, 0.2) is 0 Å². The molecule has 1 fully saturated rings. The molecule has 1 atom stereocenters. The number of carbonyl (C=O) groups excluding carboxylic acids is 1. The molecule has 1 aliphatic heterocycles. The molecule has 0 aromatic heterocycles. The normalized spacial score (nSPS) is 17.1. The van der Waals surface area contributed by atoms with Crippen LogP contribution in [0, 0.1) is 5.92 Å². The van der Waals surface area contributed by atoms with Crippen LogP contribution in [0.5, 0.6) is 11.5 Å². The van der Waals surface area contributed by atoms with Crippen molar-refractivity contribution < 1.29 is 14.3 Å². The maximum Gasteiger partial charge on any atom is 0.255 e. The summed E-state index contributed by atoms with van der Waals surface area (Å²) in [6.45, 7) is 6.45. The van der Waals surface area contributed by atoms with Crippen LogP contribution in [0.15, 0.2) is 48.5 Å². The summed E-state index contributed by atoms with van der Waals surface area (Å²) in [4.78, 5) is 12.7. The monoisotopic (exact) mass is 353 g/mol. The first kappa shape index (κ1) is 18.5. The molecule has 3 rings (SSSR count). The molecular formula is C22H27NO3. The van der Waals surface area contributed by atoms with E-state index in [1.54, 1.807) is 6.07 Å². The highest BCUT2D eigenvalue weighted by molar-refractivity contribution is 5.97. The number of amides is 1. The second-order valence-corrected chi connectivity index (χ2v) is 7.08. The lowest BCUT2D eigenvalue weighted by atomic mass is 10.0. The van der Waals surface area contributed by atoms with E-state index >= 15 is 0 Å². The third-order valence-corrected chi connectivity index (χ3v) is 4.70. The largest absolute Gasteiger partial charge is 0.456 e. The fourth-order valence-electron chi connectivity index (χ4n) is 3.21. The second-order valence-electron chi connectivity index (χ2n) is 7.08. The number of carbonyl (C=O) groups is 1. The van der Waals surface area contributed by atoms with Gasteiger partial charge in [0.2, 0.25) is 0 Å². The maximum atomic E-state index is 12.7. The number of benzene rings is 2. The van der Waals surface area contributed by atoms with E-state index < -0.39 is 0 Å². The molecule has 4 heteroatoms. The van der Waals surface area contributed by atoms with Gasteiger partial charge in [0.1, 0.15) is 11.5 Å². The predicted molar refractivity (Wildman–Crippen MR) is 103 cm³/mol. The van der Waals surface area contributed by atoms with E-state index in [1.165, 1.54) is 0 Å². The van der Waals surface area contributed by atoms with Gasteiger partial charge in [0.05, 0.1) is 12.2 Å². The molecule has 0 radical (unpaired) electrons. The standard InChI is InChI=1S/C22H27NO3/c1-16(2)18-9-3-5-11-20(18)26-21-12-6-4-10-19(21)22(24)23-14-17-8-7-13-25-15-17/h3-6,9-12,16-17H,7-8,13-15H2,1-2H3,(H,23,24). The zero-order valence-electron chi connectivity index (χ0n) is 15.5. The average Bonchev–Trinajstić information content (AvgIpc) is 2.67. The third kappa shape index (κ3) is 4.64. The SMILES string of the molecule is CC(C)c1ccccc1Oc1ccccc1C(=O)NCC1CCCOC1. The number of rotatable bonds is 6. The van der Waals surface area contributed by atoms with Gasteiger partial charge in [-0.15, -0.1) is 0 Å². The lowest BCUT2D eigenvalue weighted by Crippen LogP contribution is -2.33. The molecule has 0 saturated carbocycles. The summed E-state index contributed by atoms with van der Waals surface area (Å²) in [5, 5.41) is 3.03. The fraction of sp³-hybridized carbons (Fsp3) is 0.409. The van der Waals surface area contributed by atoms with Crippen molar-refractivity contribution in [1.82, 2.24) is 5.32 Å². The van der Waals surface area contributed by atoms with Crippen LogP contribution in [0.4, 0.5) is 0 Å². The molecule has 1 heterocycles. The van der Waals surface area contributed by atoms with Crippen molar-refractivity contribution in [1.29, 1.82) is 0 Å². The maximum absolute atomic E-state index is 12.7. The van der Waals surface area contributed by atoms with Crippen LogP contribution >= 0.6 is 0 Å². The fourth-order valence-corrected chi connectivity index (χ4v) is 3.21. The number of para-hydroxylation sites is 2. The summed E-state index contributed by atoms with van der Waals surface area (Å²) in [6, 6.07) is 15.4. The minimum Gasteiger partial charge on any atom is -0.456 e. The van der Waals surface area contributed by atoms with Crippen molar-refractivity contribution in [2.45, 2.75) is 32.6 Å².